The third kappa shape index (κ3) is 2.44. The second kappa shape index (κ2) is 4.42. The second-order valence-corrected chi connectivity index (χ2v) is 5.05. The maximum Gasteiger partial charge on any atom is 0.185 e. The van der Waals surface area contributed by atoms with Crippen molar-refractivity contribution in [2.24, 2.45) is 0 Å². The summed E-state index contributed by atoms with van der Waals surface area (Å²) in [5.41, 5.74) is 1.17. The van der Waals surface area contributed by atoms with Crippen LogP contribution in [-0.4, -0.2) is 24.4 Å². The lowest BCUT2D eigenvalue weighted by Crippen LogP contribution is -2.07. The number of anilines is 1. The van der Waals surface area contributed by atoms with Crippen molar-refractivity contribution in [2.75, 3.05) is 24.3 Å². The van der Waals surface area contributed by atoms with Crippen LogP contribution >= 0.6 is 27.3 Å². The highest BCUT2D eigenvalue weighted by Crippen LogP contribution is 2.31. The summed E-state index contributed by atoms with van der Waals surface area (Å²) in [5.74, 6) is 0.561. The van der Waals surface area contributed by atoms with Crippen LogP contribution in [0.25, 0.3) is 0 Å². The summed E-state index contributed by atoms with van der Waals surface area (Å²) in [4.78, 5) is 7.95. The summed E-state index contributed by atoms with van der Waals surface area (Å²) in [5, 5.41) is 2.10. The molecule has 0 radical (unpaired) electrons. The summed E-state index contributed by atoms with van der Waals surface area (Å²) in [6.07, 6.45) is 0. The van der Waals surface area contributed by atoms with Crippen molar-refractivity contribution in [3.8, 4) is 0 Å². The van der Waals surface area contributed by atoms with Gasteiger partial charge in [0.25, 0.3) is 0 Å². The van der Waals surface area contributed by atoms with E-state index in [1.54, 1.807) is 11.3 Å². The maximum atomic E-state index is 4.50. The lowest BCUT2D eigenvalue weighted by Gasteiger charge is -2.06. The van der Waals surface area contributed by atoms with Gasteiger partial charge in [-0.2, -0.15) is 0 Å². The molecule has 0 N–H and O–H groups in total. The Morgan fingerprint density at radius 2 is 2.15 bits per heavy atom. The minimum Gasteiger partial charge on any atom is -0.354 e. The van der Waals surface area contributed by atoms with Gasteiger partial charge in [-0.05, 0) is 6.92 Å². The number of alkyl halides is 1. The van der Waals surface area contributed by atoms with Crippen LogP contribution in [0.2, 0.25) is 0 Å². The van der Waals surface area contributed by atoms with Gasteiger partial charge in [-0.1, -0.05) is 22.9 Å². The van der Waals surface area contributed by atoms with Crippen LogP contribution in [0, 0.1) is 6.92 Å². The number of aryl methyl sites for hydroxylation is 1. The molecule has 1 aromatic heterocycles. The normalized spacial score (nSPS) is 13.0. The lowest BCUT2D eigenvalue weighted by molar-refractivity contribution is 0.893. The molecule has 0 saturated carbocycles. The Kier molecular flexibility index (Phi) is 3.74. The highest BCUT2D eigenvalue weighted by molar-refractivity contribution is 9.09. The largest absolute Gasteiger partial charge is 0.354 e. The van der Waals surface area contributed by atoms with E-state index in [2.05, 4.69) is 39.7 Å². The fraction of sp³-hybridized carbons (Fsp3) is 0.667. The second-order valence-electron chi connectivity index (χ2n) is 3.40. The van der Waals surface area contributed by atoms with Crippen LogP contribution < -0.4 is 4.90 Å². The van der Waals surface area contributed by atoms with Gasteiger partial charge < -0.3 is 4.90 Å². The van der Waals surface area contributed by atoms with E-state index in [9.17, 15) is 0 Å². The molecule has 0 fully saturated rings. The van der Waals surface area contributed by atoms with E-state index in [-0.39, 0.29) is 0 Å². The number of rotatable bonds is 3. The summed E-state index contributed by atoms with van der Waals surface area (Å²) in [6.45, 7) is 4.30. The lowest BCUT2D eigenvalue weighted by atomic mass is 10.1. The highest BCUT2D eigenvalue weighted by Gasteiger charge is 2.13. The Balaban J connectivity index is 2.96. The molecule has 2 nitrogen and oxygen atoms in total. The molecular weight excluding hydrogens is 248 g/mol. The van der Waals surface area contributed by atoms with Gasteiger partial charge in [-0.25, -0.2) is 4.98 Å². The minimum absolute atomic E-state index is 0.561. The summed E-state index contributed by atoms with van der Waals surface area (Å²) >= 11 is 5.28. The predicted octanol–water partition coefficient (Wildman–Crippen LogP) is 3.02. The van der Waals surface area contributed by atoms with Crippen LogP contribution in [0.5, 0.6) is 0 Å². The van der Waals surface area contributed by atoms with Gasteiger partial charge in [0.2, 0.25) is 0 Å². The van der Waals surface area contributed by atoms with Crippen LogP contribution in [0.15, 0.2) is 0 Å². The van der Waals surface area contributed by atoms with E-state index in [1.165, 1.54) is 10.6 Å². The first kappa shape index (κ1) is 11.0. The summed E-state index contributed by atoms with van der Waals surface area (Å²) in [6, 6.07) is 0. The van der Waals surface area contributed by atoms with E-state index in [0.717, 1.165) is 10.5 Å². The molecule has 0 aliphatic heterocycles. The monoisotopic (exact) mass is 262 g/mol. The predicted molar refractivity (Wildman–Crippen MR) is 63.4 cm³/mol. The Bertz CT molecular complexity index is 283. The van der Waals surface area contributed by atoms with E-state index >= 15 is 0 Å². The molecule has 0 aliphatic rings. The molecule has 1 rings (SSSR count). The molecule has 13 heavy (non-hydrogen) atoms. The van der Waals surface area contributed by atoms with Crippen molar-refractivity contribution < 1.29 is 0 Å². The Hall–Kier alpha value is -0.0900. The van der Waals surface area contributed by atoms with Crippen LogP contribution in [0.4, 0.5) is 5.13 Å². The van der Waals surface area contributed by atoms with Gasteiger partial charge in [0.1, 0.15) is 0 Å². The van der Waals surface area contributed by atoms with Crippen LogP contribution in [0.3, 0.4) is 0 Å². The molecule has 0 aliphatic carbocycles. The molecule has 0 bridgehead atoms. The average molecular weight is 263 g/mol. The number of nitrogens with zero attached hydrogens (tertiary/aromatic N) is 2. The van der Waals surface area contributed by atoms with Crippen LogP contribution in [0.1, 0.15) is 23.4 Å². The van der Waals surface area contributed by atoms with Crippen LogP contribution in [-0.2, 0) is 0 Å². The molecule has 74 valence electrons. The Morgan fingerprint density at radius 3 is 2.54 bits per heavy atom. The molecule has 1 aromatic rings. The van der Waals surface area contributed by atoms with E-state index < -0.39 is 0 Å². The first-order valence-electron chi connectivity index (χ1n) is 4.27. The zero-order valence-corrected chi connectivity index (χ0v) is 10.9. The Morgan fingerprint density at radius 1 is 1.54 bits per heavy atom. The van der Waals surface area contributed by atoms with Gasteiger partial charge in [0.15, 0.2) is 5.13 Å². The molecule has 0 spiro atoms. The molecule has 0 amide bonds. The van der Waals surface area contributed by atoms with Gasteiger partial charge >= 0.3 is 0 Å². The SMILES string of the molecule is Cc1nc(N(C)C)sc1C(C)CBr. The van der Waals surface area contributed by atoms with Crippen molar-refractivity contribution in [3.63, 3.8) is 0 Å². The van der Waals surface area contributed by atoms with Crippen molar-refractivity contribution in [2.45, 2.75) is 19.8 Å². The first-order valence-corrected chi connectivity index (χ1v) is 6.20. The number of aromatic nitrogens is 1. The number of halogens is 1. The molecule has 0 saturated heterocycles. The number of thiazole rings is 1. The highest BCUT2D eigenvalue weighted by atomic mass is 79.9. The summed E-state index contributed by atoms with van der Waals surface area (Å²) < 4.78 is 0. The smallest absolute Gasteiger partial charge is 0.185 e. The van der Waals surface area contributed by atoms with Crippen molar-refractivity contribution in [3.05, 3.63) is 10.6 Å². The Labute approximate surface area is 92.1 Å². The molecular formula is C9H15BrN2S. The zero-order chi connectivity index (χ0) is 10.0. The maximum absolute atomic E-state index is 4.50. The standard InChI is InChI=1S/C9H15BrN2S/c1-6(5-10)8-7(2)11-9(13-8)12(3)4/h6H,5H2,1-4H3. The van der Waals surface area contributed by atoms with Crippen molar-refractivity contribution in [1.29, 1.82) is 0 Å². The molecule has 1 heterocycles. The van der Waals surface area contributed by atoms with Gasteiger partial charge in [-0.15, -0.1) is 11.3 Å². The van der Waals surface area contributed by atoms with E-state index in [4.69, 9.17) is 0 Å². The third-order valence-corrected chi connectivity index (χ3v) is 4.41. The quantitative estimate of drug-likeness (QED) is 0.779. The molecule has 1 unspecified atom stereocenters. The number of hydrogen-bond acceptors (Lipinski definition) is 3. The van der Waals surface area contributed by atoms with Crippen molar-refractivity contribution >= 4 is 32.4 Å². The van der Waals surface area contributed by atoms with Gasteiger partial charge in [0, 0.05) is 30.2 Å². The zero-order valence-electron chi connectivity index (χ0n) is 8.47. The first-order chi connectivity index (χ1) is 6.06. The molecule has 1 atom stereocenters. The fourth-order valence-corrected chi connectivity index (χ4v) is 2.69. The summed E-state index contributed by atoms with van der Waals surface area (Å²) in [7, 11) is 4.06. The molecule has 0 aromatic carbocycles. The fourth-order valence-electron chi connectivity index (χ4n) is 1.11. The third-order valence-electron chi connectivity index (χ3n) is 1.88. The van der Waals surface area contributed by atoms with E-state index in [1.807, 2.05) is 14.1 Å². The van der Waals surface area contributed by atoms with Gasteiger partial charge in [0.05, 0.1) is 5.69 Å². The van der Waals surface area contributed by atoms with E-state index in [0.29, 0.717) is 5.92 Å². The topological polar surface area (TPSA) is 16.1 Å². The van der Waals surface area contributed by atoms with Crippen molar-refractivity contribution in [1.82, 2.24) is 4.98 Å². The average Bonchev–Trinajstić information content (AvgIpc) is 2.46. The minimum atomic E-state index is 0.561. The van der Waals surface area contributed by atoms with Gasteiger partial charge in [-0.3, -0.25) is 0 Å². The molecule has 4 heteroatoms. The number of hydrogen-bond donors (Lipinski definition) is 0.